The van der Waals surface area contributed by atoms with Gasteiger partial charge in [0.15, 0.2) is 0 Å². The number of esters is 1. The third-order valence-corrected chi connectivity index (χ3v) is 4.51. The molecule has 3 rings (SSSR count). The number of carbonyl (C=O) groups is 1. The van der Waals surface area contributed by atoms with E-state index in [1.54, 1.807) is 12.3 Å². The van der Waals surface area contributed by atoms with Gasteiger partial charge in [-0.2, -0.15) is 0 Å². The van der Waals surface area contributed by atoms with Crippen LogP contribution in [0, 0.1) is 5.92 Å². The summed E-state index contributed by atoms with van der Waals surface area (Å²) in [7, 11) is 1.43. The number of hydrogen-bond acceptors (Lipinski definition) is 3. The Labute approximate surface area is 120 Å². The van der Waals surface area contributed by atoms with Crippen molar-refractivity contribution in [1.82, 2.24) is 4.98 Å². The maximum atomic E-state index is 11.8. The van der Waals surface area contributed by atoms with Crippen molar-refractivity contribution in [2.24, 2.45) is 5.92 Å². The molecular weight excluding hydrogens is 250 g/mol. The summed E-state index contributed by atoms with van der Waals surface area (Å²) in [6.07, 6.45) is 12.7. The van der Waals surface area contributed by atoms with Crippen molar-refractivity contribution in [1.29, 1.82) is 0 Å². The minimum absolute atomic E-state index is 0.254. The first-order chi connectivity index (χ1) is 9.78. The van der Waals surface area contributed by atoms with Crippen molar-refractivity contribution >= 4 is 12.0 Å². The van der Waals surface area contributed by atoms with E-state index in [-0.39, 0.29) is 5.97 Å². The number of rotatable bonds is 3. The number of hydrogen-bond donors (Lipinski definition) is 0. The molecule has 1 heterocycles. The summed E-state index contributed by atoms with van der Waals surface area (Å²) in [5, 5.41) is 0. The van der Waals surface area contributed by atoms with Crippen LogP contribution in [0.5, 0.6) is 0 Å². The standard InChI is InChI=1S/C17H21NO2/c1-20-17(19)14-7-8-18-16-11-13(10-15(14)16)9-12-5-3-2-4-6-12/h7-8,11-12H,2-6,9-10H2,1H3. The van der Waals surface area contributed by atoms with Crippen LogP contribution in [0.4, 0.5) is 0 Å². The predicted molar refractivity (Wildman–Crippen MR) is 78.4 cm³/mol. The molecule has 0 aromatic carbocycles. The number of ether oxygens (including phenoxy) is 1. The van der Waals surface area contributed by atoms with Crippen LogP contribution in [-0.4, -0.2) is 18.1 Å². The summed E-state index contributed by atoms with van der Waals surface area (Å²) in [5.74, 6) is 0.571. The minimum atomic E-state index is -0.254. The highest BCUT2D eigenvalue weighted by Crippen LogP contribution is 2.34. The van der Waals surface area contributed by atoms with Crippen LogP contribution in [-0.2, 0) is 11.2 Å². The van der Waals surface area contributed by atoms with Crippen LogP contribution in [0.25, 0.3) is 6.08 Å². The maximum Gasteiger partial charge on any atom is 0.338 e. The number of allylic oxidation sites excluding steroid dienone is 1. The Balaban J connectivity index is 1.74. The van der Waals surface area contributed by atoms with E-state index in [1.165, 1.54) is 44.8 Å². The lowest BCUT2D eigenvalue weighted by molar-refractivity contribution is 0.0599. The molecule has 0 atom stereocenters. The van der Waals surface area contributed by atoms with E-state index < -0.39 is 0 Å². The van der Waals surface area contributed by atoms with Gasteiger partial charge in [-0.15, -0.1) is 0 Å². The summed E-state index contributed by atoms with van der Waals surface area (Å²) in [5.41, 5.74) is 4.10. The third kappa shape index (κ3) is 2.62. The first kappa shape index (κ1) is 13.3. The highest BCUT2D eigenvalue weighted by Gasteiger charge is 2.23. The molecule has 20 heavy (non-hydrogen) atoms. The Bertz CT molecular complexity index is 542. The van der Waals surface area contributed by atoms with Crippen molar-refractivity contribution in [2.45, 2.75) is 44.9 Å². The molecule has 106 valence electrons. The van der Waals surface area contributed by atoms with E-state index in [9.17, 15) is 4.79 Å². The molecule has 0 radical (unpaired) electrons. The van der Waals surface area contributed by atoms with Gasteiger partial charge < -0.3 is 4.74 Å². The molecule has 0 unspecified atom stereocenters. The summed E-state index contributed by atoms with van der Waals surface area (Å²) < 4.78 is 4.86. The first-order valence-corrected chi connectivity index (χ1v) is 7.53. The van der Waals surface area contributed by atoms with Crippen LogP contribution in [0.3, 0.4) is 0 Å². The van der Waals surface area contributed by atoms with E-state index in [1.807, 2.05) is 0 Å². The van der Waals surface area contributed by atoms with Gasteiger partial charge in [-0.05, 0) is 36.5 Å². The lowest BCUT2D eigenvalue weighted by atomic mass is 9.84. The maximum absolute atomic E-state index is 11.8. The molecule has 1 fully saturated rings. The molecule has 2 aliphatic carbocycles. The molecule has 1 aromatic heterocycles. The van der Waals surface area contributed by atoms with Gasteiger partial charge in [0.25, 0.3) is 0 Å². The molecule has 2 aliphatic rings. The number of fused-ring (bicyclic) bond motifs is 1. The SMILES string of the molecule is COC(=O)c1ccnc2c1CC(CC1CCCCC1)=C2. The lowest BCUT2D eigenvalue weighted by Gasteiger charge is -2.21. The quantitative estimate of drug-likeness (QED) is 0.785. The van der Waals surface area contributed by atoms with Crippen LogP contribution in [0.2, 0.25) is 0 Å². The van der Waals surface area contributed by atoms with E-state index in [0.717, 1.165) is 30.0 Å². The minimum Gasteiger partial charge on any atom is -0.465 e. The van der Waals surface area contributed by atoms with Gasteiger partial charge in [-0.25, -0.2) is 4.79 Å². The molecular formula is C17H21NO2. The van der Waals surface area contributed by atoms with Crippen molar-refractivity contribution < 1.29 is 9.53 Å². The molecule has 0 bridgehead atoms. The van der Waals surface area contributed by atoms with Crippen molar-refractivity contribution in [3.63, 3.8) is 0 Å². The molecule has 1 aromatic rings. The van der Waals surface area contributed by atoms with Crippen molar-refractivity contribution in [2.75, 3.05) is 7.11 Å². The Morgan fingerprint density at radius 2 is 2.15 bits per heavy atom. The second-order valence-corrected chi connectivity index (χ2v) is 5.90. The van der Waals surface area contributed by atoms with Gasteiger partial charge in [0, 0.05) is 6.20 Å². The summed E-state index contributed by atoms with van der Waals surface area (Å²) >= 11 is 0. The van der Waals surface area contributed by atoms with Gasteiger partial charge in [-0.3, -0.25) is 4.98 Å². The number of pyridine rings is 1. The summed E-state index contributed by atoms with van der Waals surface area (Å²) in [6, 6.07) is 1.77. The number of nitrogens with zero attached hydrogens (tertiary/aromatic N) is 1. The Kier molecular flexibility index (Phi) is 3.86. The zero-order valence-corrected chi connectivity index (χ0v) is 12.0. The summed E-state index contributed by atoms with van der Waals surface area (Å²) in [4.78, 5) is 16.2. The number of carbonyl (C=O) groups excluding carboxylic acids is 1. The van der Waals surface area contributed by atoms with Gasteiger partial charge in [0.05, 0.1) is 18.4 Å². The lowest BCUT2D eigenvalue weighted by Crippen LogP contribution is -2.09. The van der Waals surface area contributed by atoms with Crippen molar-refractivity contribution in [3.05, 3.63) is 34.7 Å². The fourth-order valence-corrected chi connectivity index (χ4v) is 3.48. The smallest absolute Gasteiger partial charge is 0.338 e. The average Bonchev–Trinajstić information content (AvgIpc) is 2.89. The molecule has 0 saturated heterocycles. The highest BCUT2D eigenvalue weighted by atomic mass is 16.5. The first-order valence-electron chi connectivity index (χ1n) is 7.53. The Morgan fingerprint density at radius 3 is 2.90 bits per heavy atom. The van der Waals surface area contributed by atoms with Gasteiger partial charge >= 0.3 is 5.97 Å². The van der Waals surface area contributed by atoms with E-state index in [2.05, 4.69) is 11.1 Å². The molecule has 3 nitrogen and oxygen atoms in total. The average molecular weight is 271 g/mol. The fourth-order valence-electron chi connectivity index (χ4n) is 3.48. The number of aromatic nitrogens is 1. The van der Waals surface area contributed by atoms with Crippen LogP contribution >= 0.6 is 0 Å². The third-order valence-electron chi connectivity index (χ3n) is 4.51. The monoisotopic (exact) mass is 271 g/mol. The summed E-state index contributed by atoms with van der Waals surface area (Å²) in [6.45, 7) is 0. The largest absolute Gasteiger partial charge is 0.465 e. The zero-order chi connectivity index (χ0) is 13.9. The van der Waals surface area contributed by atoms with Crippen LogP contribution < -0.4 is 0 Å². The van der Waals surface area contributed by atoms with E-state index >= 15 is 0 Å². The second-order valence-electron chi connectivity index (χ2n) is 5.90. The van der Waals surface area contributed by atoms with E-state index in [0.29, 0.717) is 5.56 Å². The van der Waals surface area contributed by atoms with Crippen molar-refractivity contribution in [3.8, 4) is 0 Å². The molecule has 0 spiro atoms. The topological polar surface area (TPSA) is 39.2 Å². The Morgan fingerprint density at radius 1 is 1.35 bits per heavy atom. The van der Waals surface area contributed by atoms with Gasteiger partial charge in [0.1, 0.15) is 0 Å². The molecule has 0 amide bonds. The highest BCUT2D eigenvalue weighted by molar-refractivity contribution is 5.92. The van der Waals surface area contributed by atoms with Crippen LogP contribution in [0.15, 0.2) is 17.8 Å². The normalized spacial score (nSPS) is 18.6. The molecule has 0 aliphatic heterocycles. The fraction of sp³-hybridized carbons (Fsp3) is 0.529. The second kappa shape index (κ2) is 5.78. The van der Waals surface area contributed by atoms with Gasteiger partial charge in [0.2, 0.25) is 0 Å². The van der Waals surface area contributed by atoms with Crippen LogP contribution in [0.1, 0.15) is 60.1 Å². The molecule has 0 N–H and O–H groups in total. The van der Waals surface area contributed by atoms with Gasteiger partial charge in [-0.1, -0.05) is 37.7 Å². The molecule has 3 heteroatoms. The Hall–Kier alpha value is -1.64. The zero-order valence-electron chi connectivity index (χ0n) is 12.0. The number of methoxy groups -OCH3 is 1. The molecule has 1 saturated carbocycles. The predicted octanol–water partition coefficient (Wildman–Crippen LogP) is 3.78. The van der Waals surface area contributed by atoms with E-state index in [4.69, 9.17) is 4.74 Å².